The first-order valence-electron chi connectivity index (χ1n) is 12.2. The number of allylic oxidation sites excluding steroid dienone is 1. The van der Waals surface area contributed by atoms with Crippen LogP contribution in [0.1, 0.15) is 40.8 Å². The number of amides is 3. The van der Waals surface area contributed by atoms with Crippen LogP contribution < -0.4 is 10.9 Å². The normalized spacial score (nSPS) is 13.6. The van der Waals surface area contributed by atoms with Gasteiger partial charge in [-0.05, 0) is 31.0 Å². The molecule has 0 aliphatic carbocycles. The number of hydrogen-bond donors (Lipinski definition) is 1. The highest BCUT2D eigenvalue weighted by Gasteiger charge is 2.31. The van der Waals surface area contributed by atoms with Crippen LogP contribution in [0.25, 0.3) is 11.9 Å². The third kappa shape index (κ3) is 6.16. The van der Waals surface area contributed by atoms with Crippen molar-refractivity contribution in [3.8, 4) is 0 Å². The van der Waals surface area contributed by atoms with E-state index in [1.54, 1.807) is 13.2 Å². The molecule has 0 bridgehead atoms. The van der Waals surface area contributed by atoms with Crippen LogP contribution in [0, 0.1) is 12.7 Å². The predicted molar refractivity (Wildman–Crippen MR) is 143 cm³/mol. The summed E-state index contributed by atoms with van der Waals surface area (Å²) in [6, 6.07) is 5.23. The Morgan fingerprint density at radius 2 is 1.84 bits per heavy atom. The largest absolute Gasteiger partial charge is 0.380 e. The lowest BCUT2D eigenvalue weighted by Crippen LogP contribution is -2.36. The van der Waals surface area contributed by atoms with Crippen LogP contribution in [0.2, 0.25) is 0 Å². The quantitative estimate of drug-likeness (QED) is 0.511. The smallest absolute Gasteiger partial charge is 0.324 e. The molecule has 202 valence electrons. The molecule has 0 atom stereocenters. The molecular formula is C27H33FN6O4. The number of carbonyl (C=O) groups excluding carboxylic acids is 3. The van der Waals surface area contributed by atoms with Gasteiger partial charge in [0.1, 0.15) is 11.5 Å². The number of nitrogens with one attached hydrogen (secondary N) is 1. The van der Waals surface area contributed by atoms with Crippen LogP contribution in [0.15, 0.2) is 41.3 Å². The van der Waals surface area contributed by atoms with Gasteiger partial charge in [-0.15, -0.1) is 0 Å². The van der Waals surface area contributed by atoms with Crippen LogP contribution in [0.4, 0.5) is 9.18 Å². The molecule has 1 N–H and O–H groups in total. The van der Waals surface area contributed by atoms with Gasteiger partial charge >= 0.3 is 6.03 Å². The summed E-state index contributed by atoms with van der Waals surface area (Å²) in [7, 11) is 5.35. The van der Waals surface area contributed by atoms with Gasteiger partial charge in [0.05, 0.1) is 12.2 Å². The number of urea groups is 1. The van der Waals surface area contributed by atoms with Crippen molar-refractivity contribution in [1.82, 2.24) is 29.6 Å². The van der Waals surface area contributed by atoms with E-state index in [1.165, 1.54) is 45.6 Å². The van der Waals surface area contributed by atoms with Gasteiger partial charge in [0.15, 0.2) is 11.6 Å². The highest BCUT2D eigenvalue weighted by Crippen LogP contribution is 2.22. The third-order valence-electron chi connectivity index (χ3n) is 6.33. The fourth-order valence-corrected chi connectivity index (χ4v) is 4.01. The molecule has 1 aliphatic heterocycles. The Labute approximate surface area is 221 Å². The summed E-state index contributed by atoms with van der Waals surface area (Å²) < 4.78 is 14.4. The molecule has 11 heteroatoms. The second kappa shape index (κ2) is 11.8. The van der Waals surface area contributed by atoms with Gasteiger partial charge in [0.25, 0.3) is 11.5 Å². The first kappa shape index (κ1) is 28.3. The molecule has 2 heterocycles. The zero-order chi connectivity index (χ0) is 28.1. The Morgan fingerprint density at radius 1 is 1.18 bits per heavy atom. The third-order valence-corrected chi connectivity index (χ3v) is 6.33. The molecule has 10 nitrogen and oxygen atoms in total. The van der Waals surface area contributed by atoms with E-state index in [0.29, 0.717) is 25.1 Å². The number of likely N-dealkylation sites (N-methyl/N-ethyl adjacent to an activating group) is 1. The molecule has 1 fully saturated rings. The van der Waals surface area contributed by atoms with Crippen LogP contribution in [-0.4, -0.2) is 82.7 Å². The molecule has 1 aliphatic rings. The van der Waals surface area contributed by atoms with Crippen molar-refractivity contribution in [3.05, 3.63) is 75.4 Å². The van der Waals surface area contributed by atoms with E-state index < -0.39 is 17.3 Å². The van der Waals surface area contributed by atoms with Crippen molar-refractivity contribution in [2.24, 2.45) is 0 Å². The lowest BCUT2D eigenvalue weighted by Gasteiger charge is -2.22. The van der Waals surface area contributed by atoms with E-state index in [-0.39, 0.29) is 47.6 Å². The number of ketones is 1. The van der Waals surface area contributed by atoms with Crippen molar-refractivity contribution in [3.63, 3.8) is 0 Å². The first-order chi connectivity index (χ1) is 17.9. The van der Waals surface area contributed by atoms with Gasteiger partial charge < -0.3 is 15.1 Å². The number of aromatic nitrogens is 2. The van der Waals surface area contributed by atoms with Crippen molar-refractivity contribution < 1.29 is 18.8 Å². The fraction of sp³-hybridized carbons (Fsp3) is 0.370. The van der Waals surface area contributed by atoms with Crippen molar-refractivity contribution in [1.29, 1.82) is 0 Å². The molecule has 0 radical (unpaired) electrons. The van der Waals surface area contributed by atoms with Gasteiger partial charge in [-0.1, -0.05) is 25.6 Å². The number of benzene rings is 1. The molecule has 38 heavy (non-hydrogen) atoms. The summed E-state index contributed by atoms with van der Waals surface area (Å²) in [6.45, 7) is 7.99. The number of carbonyl (C=O) groups is 3. The average molecular weight is 525 g/mol. The maximum atomic E-state index is 13.5. The maximum Gasteiger partial charge on any atom is 0.324 e. The molecule has 1 aromatic heterocycles. The topological polar surface area (TPSA) is 108 Å². The van der Waals surface area contributed by atoms with Gasteiger partial charge in [-0.25, -0.2) is 14.2 Å². The second-order valence-corrected chi connectivity index (χ2v) is 9.28. The van der Waals surface area contributed by atoms with Crippen LogP contribution in [0.5, 0.6) is 0 Å². The van der Waals surface area contributed by atoms with Crippen molar-refractivity contribution in [2.45, 2.75) is 26.7 Å². The molecule has 3 amide bonds. The molecule has 3 rings (SSSR count). The summed E-state index contributed by atoms with van der Waals surface area (Å²) >= 11 is 0. The zero-order valence-electron chi connectivity index (χ0n) is 22.4. The van der Waals surface area contributed by atoms with Gasteiger partial charge in [0.2, 0.25) is 0 Å². The molecule has 0 unspecified atom stereocenters. The second-order valence-electron chi connectivity index (χ2n) is 9.28. The Bertz CT molecular complexity index is 1350. The average Bonchev–Trinajstić information content (AvgIpc) is 3.22. The van der Waals surface area contributed by atoms with Crippen LogP contribution in [-0.2, 0) is 11.2 Å². The molecule has 1 saturated heterocycles. The number of halogens is 1. The summed E-state index contributed by atoms with van der Waals surface area (Å²) in [5.74, 6) is -1.35. The van der Waals surface area contributed by atoms with E-state index in [4.69, 9.17) is 0 Å². The maximum absolute atomic E-state index is 13.5. The highest BCUT2D eigenvalue weighted by atomic mass is 19.1. The van der Waals surface area contributed by atoms with Crippen molar-refractivity contribution >= 4 is 29.6 Å². The molecule has 1 aromatic carbocycles. The number of hydrogen-bond acceptors (Lipinski definition) is 6. The Kier molecular flexibility index (Phi) is 8.82. The summed E-state index contributed by atoms with van der Waals surface area (Å²) in [4.78, 5) is 60.9. The fourth-order valence-electron chi connectivity index (χ4n) is 4.01. The molecule has 2 aromatic rings. The van der Waals surface area contributed by atoms with E-state index in [9.17, 15) is 23.6 Å². The Balaban J connectivity index is 1.95. The van der Waals surface area contributed by atoms with E-state index in [0.717, 1.165) is 5.70 Å². The van der Waals surface area contributed by atoms with E-state index in [1.807, 2.05) is 25.9 Å². The summed E-state index contributed by atoms with van der Waals surface area (Å²) in [5.41, 5.74) is 1.04. The lowest BCUT2D eigenvalue weighted by atomic mass is 10.1. The van der Waals surface area contributed by atoms with Gasteiger partial charge in [-0.3, -0.25) is 23.9 Å². The first-order valence-corrected chi connectivity index (χ1v) is 12.2. The predicted octanol–water partition coefficient (Wildman–Crippen LogP) is 2.34. The lowest BCUT2D eigenvalue weighted by molar-refractivity contribution is -0.117. The summed E-state index contributed by atoms with van der Waals surface area (Å²) in [5, 5.41) is 2.52. The van der Waals surface area contributed by atoms with E-state index >= 15 is 0 Å². The molecular weight excluding hydrogens is 491 g/mol. The minimum absolute atomic E-state index is 0.0103. The Morgan fingerprint density at radius 3 is 2.39 bits per heavy atom. The number of rotatable bonds is 10. The number of nitrogens with zero attached hydrogens (tertiary/aromatic N) is 5. The van der Waals surface area contributed by atoms with Gasteiger partial charge in [0, 0.05) is 58.1 Å². The van der Waals surface area contributed by atoms with Crippen LogP contribution in [0.3, 0.4) is 0 Å². The Hall–Kier alpha value is -4.28. The minimum atomic E-state index is -0.703. The SMILES string of the molecule is C=C(c1nc(C(=O)NCC(=O)Cc2ccc(F)cc2)c(C)c(=O)n1C=C(CC)N(C)C)N1CCN(C)C1=O. The summed E-state index contributed by atoms with van der Waals surface area (Å²) in [6.07, 6.45) is 2.26. The van der Waals surface area contributed by atoms with Crippen molar-refractivity contribution in [2.75, 3.05) is 40.8 Å². The molecule has 0 saturated carbocycles. The van der Waals surface area contributed by atoms with E-state index in [2.05, 4.69) is 16.9 Å². The minimum Gasteiger partial charge on any atom is -0.380 e. The molecule has 0 spiro atoms. The standard InChI is InChI=1S/C27H33FN6O4/c1-7-21(31(4)5)16-34-24(18(3)33-13-12-32(6)27(33)38)30-23(17(2)26(34)37)25(36)29-15-22(35)14-19-8-10-20(28)11-9-19/h8-11,16H,3,7,12-15H2,1-2,4-6H3,(H,29,36). The monoisotopic (exact) mass is 524 g/mol. The highest BCUT2D eigenvalue weighted by molar-refractivity contribution is 5.97. The van der Waals surface area contributed by atoms with Gasteiger partial charge in [-0.2, -0.15) is 0 Å². The van der Waals surface area contributed by atoms with Crippen LogP contribution >= 0.6 is 0 Å². The number of Topliss-reactive ketones (excluding diaryl/α,β-unsaturated/α-hetero) is 1. The zero-order valence-corrected chi connectivity index (χ0v) is 22.4.